The van der Waals surface area contributed by atoms with E-state index in [2.05, 4.69) is 39.5 Å². The van der Waals surface area contributed by atoms with E-state index in [-0.39, 0.29) is 5.91 Å². The van der Waals surface area contributed by atoms with Crippen molar-refractivity contribution in [1.29, 1.82) is 0 Å². The van der Waals surface area contributed by atoms with Gasteiger partial charge in [-0.1, -0.05) is 12.1 Å². The number of benzene rings is 1. The van der Waals surface area contributed by atoms with E-state index in [0.29, 0.717) is 6.54 Å². The monoisotopic (exact) mass is 315 g/mol. The molecule has 0 fully saturated rings. The van der Waals surface area contributed by atoms with Gasteiger partial charge in [-0.3, -0.25) is 9.78 Å². The Kier molecular flexibility index (Phi) is 6.15. The number of nitrogens with one attached hydrogen (secondary N) is 1. The number of rotatable bonds is 7. The van der Waals surface area contributed by atoms with Crippen molar-refractivity contribution in [2.24, 2.45) is 0 Å². The first kappa shape index (κ1) is 16.2. The minimum atomic E-state index is -0.0589. The zero-order valence-electron chi connectivity index (χ0n) is 13.0. The number of carbonyl (C=O) groups excluding carboxylic acids is 1. The van der Waals surface area contributed by atoms with Gasteiger partial charge in [0.2, 0.25) is 5.91 Å². The quantitative estimate of drug-likeness (QED) is 0.631. The maximum atomic E-state index is 11.6. The van der Waals surface area contributed by atoms with Crippen molar-refractivity contribution in [1.82, 2.24) is 10.3 Å². The van der Waals surface area contributed by atoms with Crippen LogP contribution in [-0.4, -0.2) is 31.5 Å². The zero-order valence-corrected chi connectivity index (χ0v) is 13.8. The second-order valence-corrected chi connectivity index (χ2v) is 6.11. The van der Waals surface area contributed by atoms with Crippen LogP contribution >= 0.6 is 11.3 Å². The number of thiazole rings is 1. The third-order valence-corrected chi connectivity index (χ3v) is 3.99. The molecule has 2 aromatic rings. The lowest BCUT2D eigenvalue weighted by molar-refractivity contribution is -0.116. The molecule has 4 nitrogen and oxygen atoms in total. The van der Waals surface area contributed by atoms with Crippen molar-refractivity contribution >= 4 is 29.0 Å². The maximum absolute atomic E-state index is 11.6. The number of hydrogen-bond donors (Lipinski definition) is 1. The van der Waals surface area contributed by atoms with Gasteiger partial charge in [-0.05, 0) is 36.6 Å². The molecule has 0 radical (unpaired) electrons. The normalized spacial score (nSPS) is 10.8. The van der Waals surface area contributed by atoms with E-state index in [9.17, 15) is 4.79 Å². The number of aromatic nitrogens is 1. The Morgan fingerprint density at radius 1 is 1.32 bits per heavy atom. The highest BCUT2D eigenvalue weighted by Gasteiger charge is 1.98. The van der Waals surface area contributed by atoms with E-state index < -0.39 is 0 Å². The molecule has 1 heterocycles. The molecule has 0 aliphatic heterocycles. The fourth-order valence-electron chi connectivity index (χ4n) is 1.99. The molecule has 0 saturated heterocycles. The highest BCUT2D eigenvalue weighted by Crippen LogP contribution is 2.13. The molecule has 1 aromatic heterocycles. The van der Waals surface area contributed by atoms with Crippen LogP contribution < -0.4 is 10.2 Å². The molecule has 1 amide bonds. The third-order valence-electron chi connectivity index (χ3n) is 3.24. The molecule has 2 rings (SSSR count). The van der Waals surface area contributed by atoms with Gasteiger partial charge in [0, 0.05) is 43.5 Å². The number of anilines is 1. The predicted molar refractivity (Wildman–Crippen MR) is 93.2 cm³/mol. The van der Waals surface area contributed by atoms with Crippen LogP contribution in [0.2, 0.25) is 0 Å². The first-order chi connectivity index (χ1) is 10.6. The summed E-state index contributed by atoms with van der Waals surface area (Å²) in [6.45, 7) is 0.682. The van der Waals surface area contributed by atoms with E-state index in [4.69, 9.17) is 0 Å². The molecule has 0 atom stereocenters. The summed E-state index contributed by atoms with van der Waals surface area (Å²) in [5.41, 5.74) is 4.24. The predicted octanol–water partition coefficient (Wildman–Crippen LogP) is 2.97. The van der Waals surface area contributed by atoms with Crippen molar-refractivity contribution in [3.63, 3.8) is 0 Å². The van der Waals surface area contributed by atoms with Crippen molar-refractivity contribution in [3.05, 3.63) is 52.5 Å². The number of aryl methyl sites for hydroxylation is 1. The second kappa shape index (κ2) is 8.34. The van der Waals surface area contributed by atoms with Crippen molar-refractivity contribution < 1.29 is 4.79 Å². The highest BCUT2D eigenvalue weighted by atomic mass is 32.1. The first-order valence-corrected chi connectivity index (χ1v) is 8.14. The Morgan fingerprint density at radius 3 is 2.73 bits per heavy atom. The zero-order chi connectivity index (χ0) is 15.8. The number of carbonyl (C=O) groups is 1. The summed E-state index contributed by atoms with van der Waals surface area (Å²) < 4.78 is 0. The van der Waals surface area contributed by atoms with Crippen molar-refractivity contribution in [3.8, 4) is 0 Å². The molecule has 1 N–H and O–H groups in total. The standard InChI is InChI=1S/C17H21N3OS/c1-20(2)15-7-5-14(6-8-15)4-3-11-19-17(21)10-9-16-12-18-13-22-16/h5-10,12-13H,3-4,11H2,1-2H3,(H,19,21)/b10-9+. The number of amides is 1. The molecule has 0 spiro atoms. The van der Waals surface area contributed by atoms with Crippen LogP contribution in [0.1, 0.15) is 16.9 Å². The lowest BCUT2D eigenvalue weighted by atomic mass is 10.1. The third kappa shape index (κ3) is 5.33. The van der Waals surface area contributed by atoms with Gasteiger partial charge in [0.1, 0.15) is 0 Å². The van der Waals surface area contributed by atoms with Crippen LogP contribution in [0.15, 0.2) is 42.0 Å². The molecule has 0 aliphatic carbocycles. The van der Waals surface area contributed by atoms with Gasteiger partial charge in [-0.15, -0.1) is 11.3 Å². The topological polar surface area (TPSA) is 45.2 Å². The first-order valence-electron chi connectivity index (χ1n) is 7.26. The van der Waals surface area contributed by atoms with Crippen LogP contribution in [0.4, 0.5) is 5.69 Å². The fourth-order valence-corrected chi connectivity index (χ4v) is 2.50. The number of hydrogen-bond acceptors (Lipinski definition) is 4. The minimum absolute atomic E-state index is 0.0589. The van der Waals surface area contributed by atoms with Gasteiger partial charge in [-0.2, -0.15) is 0 Å². The van der Waals surface area contributed by atoms with Gasteiger partial charge in [0.05, 0.1) is 5.51 Å². The smallest absolute Gasteiger partial charge is 0.244 e. The summed E-state index contributed by atoms with van der Waals surface area (Å²) in [4.78, 5) is 18.7. The molecule has 0 unspecified atom stereocenters. The SMILES string of the molecule is CN(C)c1ccc(CCCNC(=O)/C=C/c2cncs2)cc1. The Hall–Kier alpha value is -2.14. The second-order valence-electron chi connectivity index (χ2n) is 5.19. The van der Waals surface area contributed by atoms with Gasteiger partial charge >= 0.3 is 0 Å². The van der Waals surface area contributed by atoms with E-state index in [1.54, 1.807) is 23.9 Å². The Labute approximate surface area is 135 Å². The maximum Gasteiger partial charge on any atom is 0.244 e. The summed E-state index contributed by atoms with van der Waals surface area (Å²) in [5.74, 6) is -0.0589. The lowest BCUT2D eigenvalue weighted by Gasteiger charge is -2.12. The summed E-state index contributed by atoms with van der Waals surface area (Å²) >= 11 is 1.51. The fraction of sp³-hybridized carbons (Fsp3) is 0.294. The van der Waals surface area contributed by atoms with Crippen LogP contribution in [0.3, 0.4) is 0 Å². The van der Waals surface area contributed by atoms with Gasteiger partial charge in [-0.25, -0.2) is 0 Å². The molecule has 0 saturated carbocycles. The van der Waals surface area contributed by atoms with Gasteiger partial charge in [0.25, 0.3) is 0 Å². The van der Waals surface area contributed by atoms with Crippen LogP contribution in [0.25, 0.3) is 6.08 Å². The van der Waals surface area contributed by atoms with Gasteiger partial charge < -0.3 is 10.2 Å². The molecule has 1 aromatic carbocycles. The van der Waals surface area contributed by atoms with E-state index in [1.165, 1.54) is 22.6 Å². The highest BCUT2D eigenvalue weighted by molar-refractivity contribution is 7.10. The van der Waals surface area contributed by atoms with E-state index >= 15 is 0 Å². The summed E-state index contributed by atoms with van der Waals surface area (Å²) in [5, 5.41) is 2.90. The van der Waals surface area contributed by atoms with Gasteiger partial charge in [0.15, 0.2) is 0 Å². The molecular weight excluding hydrogens is 294 g/mol. The largest absolute Gasteiger partial charge is 0.378 e. The average molecular weight is 315 g/mol. The molecule has 22 heavy (non-hydrogen) atoms. The molecule has 5 heteroatoms. The van der Waals surface area contributed by atoms with Crippen LogP contribution in [-0.2, 0) is 11.2 Å². The Balaban J connectivity index is 1.67. The number of nitrogens with zero attached hydrogens (tertiary/aromatic N) is 2. The molecule has 116 valence electrons. The Bertz CT molecular complexity index is 603. The Morgan fingerprint density at radius 2 is 2.09 bits per heavy atom. The van der Waals surface area contributed by atoms with Crippen molar-refractivity contribution in [2.45, 2.75) is 12.8 Å². The van der Waals surface area contributed by atoms with Crippen LogP contribution in [0.5, 0.6) is 0 Å². The van der Waals surface area contributed by atoms with E-state index in [1.807, 2.05) is 14.1 Å². The van der Waals surface area contributed by atoms with Crippen molar-refractivity contribution in [2.75, 3.05) is 25.5 Å². The minimum Gasteiger partial charge on any atom is -0.378 e. The molecule has 0 aliphatic rings. The average Bonchev–Trinajstić information content (AvgIpc) is 3.03. The summed E-state index contributed by atoms with van der Waals surface area (Å²) in [6.07, 6.45) is 6.98. The lowest BCUT2D eigenvalue weighted by Crippen LogP contribution is -2.22. The molecular formula is C17H21N3OS. The van der Waals surface area contributed by atoms with Crippen LogP contribution in [0, 0.1) is 0 Å². The molecule has 0 bridgehead atoms. The summed E-state index contributed by atoms with van der Waals surface area (Å²) in [6, 6.07) is 8.51. The summed E-state index contributed by atoms with van der Waals surface area (Å²) in [7, 11) is 4.06. The van der Waals surface area contributed by atoms with E-state index in [0.717, 1.165) is 17.7 Å².